The molecule has 0 saturated carbocycles. The molecule has 0 radical (unpaired) electrons. The van der Waals surface area contributed by atoms with Gasteiger partial charge in [-0.1, -0.05) is 12.1 Å². The maximum atomic E-state index is 13.0. The number of hydrogen-bond donors (Lipinski definition) is 2. The van der Waals surface area contributed by atoms with Crippen molar-refractivity contribution in [2.24, 2.45) is 0 Å². The lowest BCUT2D eigenvalue weighted by atomic mass is 10.1. The zero-order valence-electron chi connectivity index (χ0n) is 21.3. The molecule has 1 aliphatic rings. The monoisotopic (exact) mass is 488 g/mol. The number of pyridine rings is 1. The number of amides is 2. The van der Waals surface area contributed by atoms with Crippen LogP contribution in [0.15, 0.2) is 54.7 Å². The highest BCUT2D eigenvalue weighted by Crippen LogP contribution is 2.40. The van der Waals surface area contributed by atoms with E-state index in [-0.39, 0.29) is 11.8 Å². The molecule has 0 bridgehead atoms. The van der Waals surface area contributed by atoms with E-state index in [0.29, 0.717) is 47.2 Å². The third kappa shape index (κ3) is 5.11. The van der Waals surface area contributed by atoms with Crippen LogP contribution in [0.1, 0.15) is 27.6 Å². The van der Waals surface area contributed by atoms with Crippen molar-refractivity contribution in [2.45, 2.75) is 6.92 Å². The van der Waals surface area contributed by atoms with E-state index >= 15 is 0 Å². The van der Waals surface area contributed by atoms with Crippen molar-refractivity contribution in [2.75, 3.05) is 63.0 Å². The molecule has 3 aromatic rings. The van der Waals surface area contributed by atoms with Crippen LogP contribution in [-0.4, -0.2) is 69.6 Å². The molecule has 36 heavy (non-hydrogen) atoms. The first-order chi connectivity index (χ1) is 17.3. The molecule has 0 aliphatic carbocycles. The number of rotatable bonds is 8. The molecule has 0 atom stereocenters. The van der Waals surface area contributed by atoms with Gasteiger partial charge in [0.2, 0.25) is 0 Å². The summed E-state index contributed by atoms with van der Waals surface area (Å²) in [5, 5.41) is 6.24. The zero-order chi connectivity index (χ0) is 25.8. The van der Waals surface area contributed by atoms with Gasteiger partial charge in [-0.2, -0.15) is 0 Å². The van der Waals surface area contributed by atoms with Crippen molar-refractivity contribution in [3.05, 3.63) is 65.9 Å². The molecule has 2 heterocycles. The second-order valence-electron chi connectivity index (χ2n) is 8.83. The van der Waals surface area contributed by atoms with Crippen LogP contribution in [0.5, 0.6) is 5.75 Å². The highest BCUT2D eigenvalue weighted by Gasteiger charge is 2.27. The van der Waals surface area contributed by atoms with Gasteiger partial charge in [0, 0.05) is 38.8 Å². The molecule has 2 aromatic carbocycles. The summed E-state index contributed by atoms with van der Waals surface area (Å²) >= 11 is 0. The molecule has 9 nitrogen and oxygen atoms in total. The quantitative estimate of drug-likeness (QED) is 0.497. The summed E-state index contributed by atoms with van der Waals surface area (Å²) in [6.45, 7) is 3.66. The van der Waals surface area contributed by atoms with Gasteiger partial charge in [0.1, 0.15) is 11.6 Å². The van der Waals surface area contributed by atoms with Gasteiger partial charge in [-0.3, -0.25) is 9.59 Å². The Bertz CT molecular complexity index is 1280. The molecule has 188 valence electrons. The molecule has 0 fully saturated rings. The second-order valence-corrected chi connectivity index (χ2v) is 8.83. The number of carbonyl (C=O) groups excluding carboxylic acids is 2. The number of benzene rings is 2. The van der Waals surface area contributed by atoms with Crippen LogP contribution < -0.4 is 25.2 Å². The Hall–Kier alpha value is -4.11. The van der Waals surface area contributed by atoms with E-state index in [4.69, 9.17) is 4.74 Å². The van der Waals surface area contributed by atoms with Crippen molar-refractivity contribution in [1.82, 2.24) is 15.2 Å². The first-order valence-electron chi connectivity index (χ1n) is 11.9. The van der Waals surface area contributed by atoms with Crippen molar-refractivity contribution < 1.29 is 14.3 Å². The van der Waals surface area contributed by atoms with Gasteiger partial charge in [-0.05, 0) is 51.4 Å². The van der Waals surface area contributed by atoms with Crippen molar-refractivity contribution in [1.29, 1.82) is 0 Å². The number of anilines is 5. The van der Waals surface area contributed by atoms with Gasteiger partial charge in [0.15, 0.2) is 0 Å². The number of nitrogens with one attached hydrogen (secondary N) is 2. The number of ether oxygens (including phenoxy) is 1. The van der Waals surface area contributed by atoms with Crippen LogP contribution in [0.3, 0.4) is 0 Å². The zero-order valence-corrected chi connectivity index (χ0v) is 21.3. The molecule has 9 heteroatoms. The lowest BCUT2D eigenvalue weighted by Gasteiger charge is -2.23. The van der Waals surface area contributed by atoms with Crippen LogP contribution >= 0.6 is 0 Å². The summed E-state index contributed by atoms with van der Waals surface area (Å²) < 4.78 is 5.83. The van der Waals surface area contributed by atoms with Crippen LogP contribution in [0, 0.1) is 0 Å². The standard InChI is InChI=1S/C27H32N6O3/c1-6-36-24-15-18(26(34)28-13-14-31(2)3)11-12-20(24)30-25-16-22-23(17-29-25)33(5)27(35)19-9-7-8-10-21(19)32(22)4/h7-12,15-17H,6,13-14H2,1-5H3,(H,28,34)(H,29,30). The summed E-state index contributed by atoms with van der Waals surface area (Å²) in [6, 6.07) is 14.7. The van der Waals surface area contributed by atoms with Crippen molar-refractivity contribution in [3.8, 4) is 5.75 Å². The fraction of sp³-hybridized carbons (Fsp3) is 0.296. The predicted molar refractivity (Wildman–Crippen MR) is 143 cm³/mol. The smallest absolute Gasteiger partial charge is 0.260 e. The van der Waals surface area contributed by atoms with E-state index in [1.807, 2.05) is 74.3 Å². The van der Waals surface area contributed by atoms with E-state index in [1.165, 1.54) is 0 Å². The highest BCUT2D eigenvalue weighted by atomic mass is 16.5. The Balaban J connectivity index is 1.62. The Morgan fingerprint density at radius 3 is 2.56 bits per heavy atom. The normalized spacial score (nSPS) is 12.7. The third-order valence-corrected chi connectivity index (χ3v) is 6.04. The number of nitrogens with zero attached hydrogens (tertiary/aromatic N) is 4. The summed E-state index contributed by atoms with van der Waals surface area (Å²) in [6.07, 6.45) is 1.69. The van der Waals surface area contributed by atoms with Gasteiger partial charge in [-0.25, -0.2) is 4.98 Å². The molecule has 4 rings (SSSR count). The van der Waals surface area contributed by atoms with E-state index < -0.39 is 0 Å². The average molecular weight is 489 g/mol. The number of likely N-dealkylation sites (N-methyl/N-ethyl adjacent to an activating group) is 1. The second kappa shape index (κ2) is 10.7. The number of aromatic nitrogens is 1. The maximum absolute atomic E-state index is 13.0. The van der Waals surface area contributed by atoms with Crippen molar-refractivity contribution >= 4 is 40.4 Å². The first-order valence-corrected chi connectivity index (χ1v) is 11.9. The minimum atomic E-state index is -0.152. The third-order valence-electron chi connectivity index (χ3n) is 6.04. The number of fused-ring (bicyclic) bond motifs is 2. The van der Waals surface area contributed by atoms with Gasteiger partial charge >= 0.3 is 0 Å². The largest absolute Gasteiger partial charge is 0.492 e. The van der Waals surface area contributed by atoms with Crippen LogP contribution in [0.4, 0.5) is 28.6 Å². The fourth-order valence-corrected chi connectivity index (χ4v) is 4.07. The molecule has 1 aliphatic heterocycles. The fourth-order valence-electron chi connectivity index (χ4n) is 4.07. The van der Waals surface area contributed by atoms with Crippen LogP contribution in [0.25, 0.3) is 0 Å². The molecule has 2 amide bonds. The van der Waals surface area contributed by atoms with Gasteiger partial charge in [0.05, 0.1) is 41.1 Å². The minimum Gasteiger partial charge on any atom is -0.492 e. The molecule has 0 unspecified atom stereocenters. The van der Waals surface area contributed by atoms with E-state index in [9.17, 15) is 9.59 Å². The summed E-state index contributed by atoms with van der Waals surface area (Å²) in [4.78, 5) is 35.8. The molecule has 2 N–H and O–H groups in total. The first kappa shape index (κ1) is 25.0. The van der Waals surface area contributed by atoms with E-state index in [1.54, 1.807) is 30.3 Å². The Kier molecular flexibility index (Phi) is 7.40. The lowest BCUT2D eigenvalue weighted by molar-refractivity contribution is 0.0949. The van der Waals surface area contributed by atoms with E-state index in [2.05, 4.69) is 15.6 Å². The molecular formula is C27H32N6O3. The highest BCUT2D eigenvalue weighted by molar-refractivity contribution is 6.13. The van der Waals surface area contributed by atoms with Gasteiger partial charge in [0.25, 0.3) is 11.8 Å². The summed E-state index contributed by atoms with van der Waals surface area (Å²) in [5.41, 5.74) is 4.21. The van der Waals surface area contributed by atoms with Gasteiger partial charge in [-0.15, -0.1) is 0 Å². The Labute approximate surface area is 211 Å². The van der Waals surface area contributed by atoms with Crippen LogP contribution in [0.2, 0.25) is 0 Å². The summed E-state index contributed by atoms with van der Waals surface area (Å²) in [5.74, 6) is 0.905. The van der Waals surface area contributed by atoms with Crippen LogP contribution in [-0.2, 0) is 0 Å². The number of para-hydroxylation sites is 1. The van der Waals surface area contributed by atoms with E-state index in [0.717, 1.165) is 17.9 Å². The van der Waals surface area contributed by atoms with Crippen molar-refractivity contribution in [3.63, 3.8) is 0 Å². The SMILES string of the molecule is CCOc1cc(C(=O)NCCN(C)C)ccc1Nc1cc2c(cn1)N(C)C(=O)c1ccccc1N2C. The molecular weight excluding hydrogens is 456 g/mol. The molecule has 0 spiro atoms. The predicted octanol–water partition coefficient (Wildman–Crippen LogP) is 3.87. The summed E-state index contributed by atoms with van der Waals surface area (Å²) in [7, 11) is 7.61. The number of hydrogen-bond acceptors (Lipinski definition) is 7. The maximum Gasteiger partial charge on any atom is 0.260 e. The molecule has 0 saturated heterocycles. The van der Waals surface area contributed by atoms with Gasteiger partial charge < -0.3 is 30.1 Å². The Morgan fingerprint density at radius 2 is 1.81 bits per heavy atom. The molecule has 1 aromatic heterocycles. The Morgan fingerprint density at radius 1 is 1.03 bits per heavy atom. The topological polar surface area (TPSA) is 90.0 Å². The number of carbonyl (C=O) groups is 2. The lowest BCUT2D eigenvalue weighted by Crippen LogP contribution is -2.31. The minimum absolute atomic E-state index is 0.0863. The average Bonchev–Trinajstić information content (AvgIpc) is 2.95.